The van der Waals surface area contributed by atoms with Gasteiger partial charge in [-0.2, -0.15) is 0 Å². The van der Waals surface area contributed by atoms with Crippen LogP contribution in [-0.4, -0.2) is 30.4 Å². The van der Waals surface area contributed by atoms with Gasteiger partial charge in [0.1, 0.15) is 0 Å². The molecular formula is C35H30Cl2N2Zr. The van der Waals surface area contributed by atoms with Crippen LogP contribution in [0.4, 0.5) is 11.4 Å². The Morgan fingerprint density at radius 2 is 1.00 bits per heavy atom. The van der Waals surface area contributed by atoms with Gasteiger partial charge < -0.3 is 24.8 Å². The minimum atomic E-state index is -2.62. The van der Waals surface area contributed by atoms with Crippen LogP contribution in [0, 0.1) is 13.8 Å². The fourth-order valence-electron chi connectivity index (χ4n) is 7.50. The Labute approximate surface area is 255 Å². The molecule has 0 amide bonds. The molecule has 198 valence electrons. The summed E-state index contributed by atoms with van der Waals surface area (Å²) < 4.78 is 8.29. The maximum atomic E-state index is 5.16. The zero-order valence-electron chi connectivity index (χ0n) is 23.1. The summed E-state index contributed by atoms with van der Waals surface area (Å²) in [5.41, 5.74) is 11.5. The first kappa shape index (κ1) is 27.5. The van der Waals surface area contributed by atoms with E-state index in [0.29, 0.717) is 12.1 Å². The third-order valence-electron chi connectivity index (χ3n) is 9.29. The van der Waals surface area contributed by atoms with Crippen molar-refractivity contribution in [1.82, 2.24) is 0 Å². The monoisotopic (exact) mass is 638 g/mol. The molecule has 40 heavy (non-hydrogen) atoms. The third kappa shape index (κ3) is 3.47. The van der Waals surface area contributed by atoms with Crippen LogP contribution >= 0.6 is 0 Å². The van der Waals surface area contributed by atoms with Gasteiger partial charge in [-0.15, -0.1) is 0 Å². The Morgan fingerprint density at radius 1 is 0.600 bits per heavy atom. The van der Waals surface area contributed by atoms with E-state index >= 15 is 0 Å². The molecule has 5 heteroatoms. The van der Waals surface area contributed by atoms with Gasteiger partial charge in [0.15, 0.2) is 0 Å². The van der Waals surface area contributed by atoms with Crippen molar-refractivity contribution in [1.29, 1.82) is 0 Å². The van der Waals surface area contributed by atoms with Crippen molar-refractivity contribution in [2.24, 2.45) is 0 Å². The third-order valence-corrected chi connectivity index (χ3v) is 15.4. The molecule has 4 aromatic carbocycles. The zero-order valence-corrected chi connectivity index (χ0v) is 27.1. The molecule has 2 aliphatic heterocycles. The summed E-state index contributed by atoms with van der Waals surface area (Å²) in [5, 5.41) is 5.52. The molecule has 8 rings (SSSR count). The van der Waals surface area contributed by atoms with Crippen LogP contribution in [0.25, 0.3) is 23.3 Å². The SMILES string of the molecule is [CH2]=[Zr+2]([c]1c(C)ccc2c1C1=c3ccccc3=CC1N2C)[c]1c(C)ccc2c1C1=c3ccccc3=CC1N2C.[Cl-].[Cl-]. The summed E-state index contributed by atoms with van der Waals surface area (Å²) >= 11 is -2.62. The topological polar surface area (TPSA) is 6.48 Å². The fraction of sp³-hybridized carbons (Fsp3) is 0.171. The summed E-state index contributed by atoms with van der Waals surface area (Å²) in [6.07, 6.45) is 4.89. The number of aryl methyl sites for hydroxylation is 2. The Balaban J connectivity index is 0.00000145. The van der Waals surface area contributed by atoms with Gasteiger partial charge in [-0.1, -0.05) is 0 Å². The van der Waals surface area contributed by atoms with Gasteiger partial charge >= 0.3 is 232 Å². The fourth-order valence-corrected chi connectivity index (χ4v) is 13.6. The van der Waals surface area contributed by atoms with Crippen LogP contribution < -0.4 is 62.0 Å². The van der Waals surface area contributed by atoms with Gasteiger partial charge in [0.25, 0.3) is 0 Å². The minimum Gasteiger partial charge on any atom is -1.00 e. The van der Waals surface area contributed by atoms with Crippen LogP contribution in [0.3, 0.4) is 0 Å². The summed E-state index contributed by atoms with van der Waals surface area (Å²) in [7, 11) is 4.52. The normalized spacial score (nSPS) is 18.2. The Hall–Kier alpha value is -2.71. The second-order valence-electron chi connectivity index (χ2n) is 11.2. The second-order valence-corrected chi connectivity index (χ2v) is 16.0. The van der Waals surface area contributed by atoms with E-state index in [-0.39, 0.29) is 24.8 Å². The van der Waals surface area contributed by atoms with Crippen molar-refractivity contribution in [3.8, 4) is 0 Å². The predicted octanol–water partition coefficient (Wildman–Crippen LogP) is -4.06. The van der Waals surface area contributed by atoms with Gasteiger partial charge in [-0.3, -0.25) is 0 Å². The van der Waals surface area contributed by atoms with E-state index in [4.69, 9.17) is 4.21 Å². The van der Waals surface area contributed by atoms with Crippen molar-refractivity contribution in [3.63, 3.8) is 0 Å². The number of fused-ring (bicyclic) bond motifs is 8. The average Bonchev–Trinajstić information content (AvgIpc) is 3.63. The summed E-state index contributed by atoms with van der Waals surface area (Å²) in [5.74, 6) is 0. The van der Waals surface area contributed by atoms with Crippen molar-refractivity contribution >= 4 is 45.4 Å². The maximum absolute atomic E-state index is 5.16. The Morgan fingerprint density at radius 3 is 1.43 bits per heavy atom. The maximum Gasteiger partial charge on any atom is -1.00 e. The first-order chi connectivity index (χ1) is 18.5. The standard InChI is InChI=1S/2C17H14N.CH2.2ClH.Zr/c2*1-11-7-8-15-14(9-11)17-13-6-4-3-5-12(13)10-16(17)18(15)2;;;;/h2*3-8,10,16H,1-2H3;1H2;2*1H;/q;;;;;+2/p-2. The average molecular weight is 641 g/mol. The van der Waals surface area contributed by atoms with E-state index in [1.165, 1.54) is 65.6 Å². The van der Waals surface area contributed by atoms with Gasteiger partial charge in [0.05, 0.1) is 0 Å². The number of hydrogen-bond donors (Lipinski definition) is 0. The largest absolute Gasteiger partial charge is 1.00 e. The number of rotatable bonds is 2. The van der Waals surface area contributed by atoms with Crippen molar-refractivity contribution in [2.45, 2.75) is 25.9 Å². The van der Waals surface area contributed by atoms with Crippen molar-refractivity contribution in [3.05, 3.63) is 116 Å². The smallest absolute Gasteiger partial charge is 1.00 e. The molecule has 0 saturated heterocycles. The molecule has 0 saturated carbocycles. The molecule has 4 aromatic rings. The zero-order chi connectivity index (χ0) is 25.9. The quantitative estimate of drug-likeness (QED) is 0.220. The summed E-state index contributed by atoms with van der Waals surface area (Å²) in [6.45, 7) is 4.64. The van der Waals surface area contributed by atoms with Gasteiger partial charge in [-0.25, -0.2) is 0 Å². The molecule has 2 atom stereocenters. The molecule has 0 spiro atoms. The number of nitrogens with zero attached hydrogens (tertiary/aromatic N) is 2. The molecular weight excluding hydrogens is 611 g/mol. The van der Waals surface area contributed by atoms with E-state index in [9.17, 15) is 0 Å². The number of benzene rings is 4. The van der Waals surface area contributed by atoms with Gasteiger partial charge in [0.2, 0.25) is 0 Å². The molecule has 2 aliphatic carbocycles. The van der Waals surface area contributed by atoms with Crippen LogP contribution in [0.2, 0.25) is 0 Å². The van der Waals surface area contributed by atoms with Crippen LogP contribution in [0.15, 0.2) is 72.8 Å². The van der Waals surface area contributed by atoms with E-state index < -0.39 is 21.3 Å². The summed E-state index contributed by atoms with van der Waals surface area (Å²) in [4.78, 5) is 4.96. The van der Waals surface area contributed by atoms with Crippen LogP contribution in [0.1, 0.15) is 22.3 Å². The Kier molecular flexibility index (Phi) is 6.65. The van der Waals surface area contributed by atoms with Crippen LogP contribution in [0.5, 0.6) is 0 Å². The van der Waals surface area contributed by atoms with Crippen molar-refractivity contribution < 1.29 is 46.1 Å². The van der Waals surface area contributed by atoms with E-state index in [0.717, 1.165) is 0 Å². The summed E-state index contributed by atoms with van der Waals surface area (Å²) in [6, 6.07) is 27.9. The van der Waals surface area contributed by atoms with Crippen LogP contribution in [-0.2, 0) is 21.3 Å². The molecule has 0 bridgehead atoms. The molecule has 0 fully saturated rings. The first-order valence-corrected chi connectivity index (χ1v) is 17.7. The molecule has 2 nitrogen and oxygen atoms in total. The second kappa shape index (κ2) is 9.69. The first-order valence-electron chi connectivity index (χ1n) is 13.5. The van der Waals surface area contributed by atoms with Crippen molar-refractivity contribution in [2.75, 3.05) is 23.9 Å². The molecule has 0 aromatic heterocycles. The number of anilines is 2. The number of halogens is 2. The number of likely N-dealkylation sites (N-methyl/N-ethyl adjacent to an activating group) is 2. The number of hydrogen-bond acceptors (Lipinski definition) is 2. The predicted molar refractivity (Wildman–Crippen MR) is 158 cm³/mol. The minimum absolute atomic E-state index is 0. The van der Waals surface area contributed by atoms with E-state index in [2.05, 4.69) is 123 Å². The van der Waals surface area contributed by atoms with Gasteiger partial charge in [-0.05, 0) is 0 Å². The van der Waals surface area contributed by atoms with Gasteiger partial charge in [0, 0.05) is 0 Å². The molecule has 4 aliphatic rings. The molecule has 2 unspecified atom stereocenters. The molecule has 0 N–H and O–H groups in total. The Bertz CT molecular complexity index is 1880. The van der Waals surface area contributed by atoms with E-state index in [1.807, 2.05) is 0 Å². The molecule has 2 heterocycles. The van der Waals surface area contributed by atoms with E-state index in [1.54, 1.807) is 6.54 Å². The molecule has 0 radical (unpaired) electrons.